The minimum absolute atomic E-state index is 0.331. The van der Waals surface area contributed by atoms with Crippen LogP contribution in [0.4, 0.5) is 5.69 Å². The van der Waals surface area contributed by atoms with Crippen LogP contribution in [0.1, 0.15) is 10.4 Å². The smallest absolute Gasteiger partial charge is 0.0945 e. The molecule has 0 aliphatic heterocycles. The van der Waals surface area contributed by atoms with Crippen molar-refractivity contribution in [3.63, 3.8) is 0 Å². The molecule has 2 N–H and O–H groups in total. The zero-order valence-electron chi connectivity index (χ0n) is 11.3. The minimum Gasteiger partial charge on any atom is -0.389 e. The summed E-state index contributed by atoms with van der Waals surface area (Å²) in [7, 11) is 0. The predicted octanol–water partition coefficient (Wildman–Crippen LogP) is 3.81. The summed E-state index contributed by atoms with van der Waals surface area (Å²) in [6.45, 7) is 3.41. The molecule has 20 heavy (non-hydrogen) atoms. The molecule has 0 radical (unpaired) electrons. The largest absolute Gasteiger partial charge is 0.389 e. The lowest BCUT2D eigenvalue weighted by Crippen LogP contribution is -2.24. The first-order valence-corrected chi connectivity index (χ1v) is 8.10. The Morgan fingerprint density at radius 2 is 2.25 bits per heavy atom. The highest BCUT2D eigenvalue weighted by molar-refractivity contribution is 9.10. The zero-order chi connectivity index (χ0) is 14.4. The van der Waals surface area contributed by atoms with Gasteiger partial charge in [-0.15, -0.1) is 11.3 Å². The summed E-state index contributed by atoms with van der Waals surface area (Å²) < 4.78 is 6.54. The summed E-state index contributed by atoms with van der Waals surface area (Å²) in [4.78, 5) is 1.17. The maximum absolute atomic E-state index is 9.87. The van der Waals surface area contributed by atoms with Crippen molar-refractivity contribution in [1.82, 2.24) is 0 Å². The Morgan fingerprint density at radius 1 is 1.40 bits per heavy atom. The van der Waals surface area contributed by atoms with Crippen LogP contribution in [0.25, 0.3) is 0 Å². The number of benzene rings is 1. The summed E-state index contributed by atoms with van der Waals surface area (Å²) >= 11 is 5.15. The molecule has 1 aromatic carbocycles. The van der Waals surface area contributed by atoms with Crippen LogP contribution in [-0.2, 0) is 11.3 Å². The summed E-state index contributed by atoms with van der Waals surface area (Å²) in [6.07, 6.45) is -0.518. The van der Waals surface area contributed by atoms with Gasteiger partial charge in [-0.1, -0.05) is 28.1 Å². The van der Waals surface area contributed by atoms with E-state index in [-0.39, 0.29) is 0 Å². The Hall–Kier alpha value is -0.880. The quantitative estimate of drug-likeness (QED) is 0.793. The molecule has 2 rings (SSSR count). The van der Waals surface area contributed by atoms with E-state index in [0.717, 1.165) is 10.2 Å². The second-order valence-corrected chi connectivity index (χ2v) is 6.48. The fourth-order valence-electron chi connectivity index (χ4n) is 1.69. The predicted molar refractivity (Wildman–Crippen MR) is 87.4 cm³/mol. The molecule has 0 amide bonds. The number of rotatable bonds is 7. The fourth-order valence-corrected chi connectivity index (χ4v) is 2.71. The molecule has 0 bridgehead atoms. The zero-order valence-corrected chi connectivity index (χ0v) is 13.7. The van der Waals surface area contributed by atoms with Gasteiger partial charge in [-0.2, -0.15) is 0 Å². The average molecular weight is 356 g/mol. The molecule has 1 unspecified atom stereocenters. The van der Waals surface area contributed by atoms with Gasteiger partial charge in [-0.25, -0.2) is 0 Å². The molecular formula is C15H18BrNO2S. The third-order valence-electron chi connectivity index (χ3n) is 2.85. The van der Waals surface area contributed by atoms with Crippen molar-refractivity contribution in [3.05, 3.63) is 50.6 Å². The molecule has 0 fully saturated rings. The van der Waals surface area contributed by atoms with Crippen molar-refractivity contribution in [1.29, 1.82) is 0 Å². The first-order chi connectivity index (χ1) is 9.65. The first-order valence-electron chi connectivity index (χ1n) is 6.43. The van der Waals surface area contributed by atoms with Crippen molar-refractivity contribution in [2.24, 2.45) is 0 Å². The van der Waals surface area contributed by atoms with Gasteiger partial charge in [0.2, 0.25) is 0 Å². The number of anilines is 1. The Bertz CT molecular complexity index is 531. The van der Waals surface area contributed by atoms with E-state index in [9.17, 15) is 5.11 Å². The number of halogens is 1. The first kappa shape index (κ1) is 15.5. The van der Waals surface area contributed by atoms with Crippen LogP contribution in [0.15, 0.2) is 40.2 Å². The van der Waals surface area contributed by atoms with Gasteiger partial charge in [0.25, 0.3) is 0 Å². The molecule has 1 heterocycles. The van der Waals surface area contributed by atoms with Crippen LogP contribution < -0.4 is 5.32 Å². The highest BCUT2D eigenvalue weighted by Gasteiger charge is 2.05. The lowest BCUT2D eigenvalue weighted by molar-refractivity contribution is 0.0359. The van der Waals surface area contributed by atoms with E-state index in [0.29, 0.717) is 19.8 Å². The van der Waals surface area contributed by atoms with Crippen LogP contribution in [0.3, 0.4) is 0 Å². The topological polar surface area (TPSA) is 41.5 Å². The van der Waals surface area contributed by atoms with Gasteiger partial charge >= 0.3 is 0 Å². The summed E-state index contributed by atoms with van der Waals surface area (Å²) in [5, 5.41) is 15.1. The number of nitrogens with one attached hydrogen (secondary N) is 1. The molecule has 1 atom stereocenters. The lowest BCUT2D eigenvalue weighted by atomic mass is 10.2. The van der Waals surface area contributed by atoms with Gasteiger partial charge in [0.15, 0.2) is 0 Å². The molecule has 108 valence electrons. The molecule has 0 aliphatic carbocycles. The lowest BCUT2D eigenvalue weighted by Gasteiger charge is -2.13. The second kappa shape index (κ2) is 7.78. The van der Waals surface area contributed by atoms with E-state index in [1.165, 1.54) is 10.4 Å². The van der Waals surface area contributed by atoms with E-state index >= 15 is 0 Å². The molecule has 1 aromatic heterocycles. The highest BCUT2D eigenvalue weighted by atomic mass is 79.9. The van der Waals surface area contributed by atoms with E-state index in [2.05, 4.69) is 21.2 Å². The number of hydrogen-bond donors (Lipinski definition) is 2. The van der Waals surface area contributed by atoms with Crippen LogP contribution in [0.2, 0.25) is 0 Å². The van der Waals surface area contributed by atoms with Gasteiger partial charge in [-0.3, -0.25) is 0 Å². The molecule has 0 aliphatic rings. The number of hydrogen-bond acceptors (Lipinski definition) is 4. The van der Waals surface area contributed by atoms with Crippen molar-refractivity contribution in [2.45, 2.75) is 19.6 Å². The average Bonchev–Trinajstić information content (AvgIpc) is 2.93. The molecule has 0 saturated heterocycles. The number of thiophene rings is 1. The van der Waals surface area contributed by atoms with Crippen LogP contribution in [0, 0.1) is 6.92 Å². The van der Waals surface area contributed by atoms with Crippen molar-refractivity contribution in [3.8, 4) is 0 Å². The van der Waals surface area contributed by atoms with Gasteiger partial charge in [-0.05, 0) is 36.1 Å². The maximum atomic E-state index is 9.87. The number of aliphatic hydroxyl groups is 1. The monoisotopic (exact) mass is 355 g/mol. The molecule has 2 aromatic rings. The Labute approximate surface area is 131 Å². The standard InChI is InChI=1S/C15H18BrNO2S/c1-11-4-5-12(7-15(11)16)17-8-13(18)9-19-10-14-3-2-6-20-14/h2-7,13,17-18H,8-10H2,1H3. The second-order valence-electron chi connectivity index (χ2n) is 4.59. The van der Waals surface area contributed by atoms with E-state index in [1.54, 1.807) is 11.3 Å². The molecule has 5 heteroatoms. The number of ether oxygens (including phenoxy) is 1. The normalized spacial score (nSPS) is 12.3. The van der Waals surface area contributed by atoms with Gasteiger partial charge < -0.3 is 15.2 Å². The summed E-state index contributed by atoms with van der Waals surface area (Å²) in [5.74, 6) is 0. The van der Waals surface area contributed by atoms with Crippen molar-refractivity contribution in [2.75, 3.05) is 18.5 Å². The van der Waals surface area contributed by atoms with Crippen LogP contribution in [0.5, 0.6) is 0 Å². The Kier molecular flexibility index (Phi) is 6.04. The third kappa shape index (κ3) is 4.90. The van der Waals surface area contributed by atoms with Crippen molar-refractivity contribution < 1.29 is 9.84 Å². The minimum atomic E-state index is -0.518. The van der Waals surface area contributed by atoms with Gasteiger partial charge in [0.05, 0.1) is 19.3 Å². The van der Waals surface area contributed by atoms with E-state index in [4.69, 9.17) is 4.74 Å². The maximum Gasteiger partial charge on any atom is 0.0945 e. The van der Waals surface area contributed by atoms with E-state index < -0.39 is 6.10 Å². The van der Waals surface area contributed by atoms with Crippen LogP contribution >= 0.6 is 27.3 Å². The van der Waals surface area contributed by atoms with Gasteiger partial charge in [0.1, 0.15) is 0 Å². The Morgan fingerprint density at radius 3 is 2.95 bits per heavy atom. The van der Waals surface area contributed by atoms with E-state index in [1.807, 2.05) is 42.6 Å². The SMILES string of the molecule is Cc1ccc(NCC(O)COCc2cccs2)cc1Br. The van der Waals surface area contributed by atoms with Crippen molar-refractivity contribution >= 4 is 33.0 Å². The molecular weight excluding hydrogens is 338 g/mol. The highest BCUT2D eigenvalue weighted by Crippen LogP contribution is 2.20. The number of aliphatic hydroxyl groups excluding tert-OH is 1. The molecule has 0 spiro atoms. The third-order valence-corrected chi connectivity index (χ3v) is 4.55. The Balaban J connectivity index is 1.69. The number of aryl methyl sites for hydroxylation is 1. The van der Waals surface area contributed by atoms with Gasteiger partial charge in [0, 0.05) is 21.6 Å². The summed E-state index contributed by atoms with van der Waals surface area (Å²) in [6, 6.07) is 10.1. The fraction of sp³-hybridized carbons (Fsp3) is 0.333. The molecule has 0 saturated carbocycles. The molecule has 3 nitrogen and oxygen atoms in total. The van der Waals surface area contributed by atoms with Crippen LogP contribution in [-0.4, -0.2) is 24.4 Å². The summed E-state index contributed by atoms with van der Waals surface area (Å²) in [5.41, 5.74) is 2.18.